The second-order valence-electron chi connectivity index (χ2n) is 11.4. The molecule has 8 nitrogen and oxygen atoms in total. The predicted molar refractivity (Wildman–Crippen MR) is 151 cm³/mol. The average molecular weight is 538 g/mol. The number of hydrogen-bond acceptors (Lipinski definition) is 5. The molecule has 3 aliphatic rings. The lowest BCUT2D eigenvalue weighted by molar-refractivity contribution is -0.153. The molecular formula is C31H43N3O5. The van der Waals surface area contributed by atoms with E-state index in [2.05, 4.69) is 13.2 Å². The van der Waals surface area contributed by atoms with Crippen LogP contribution in [0.2, 0.25) is 0 Å². The van der Waals surface area contributed by atoms with E-state index >= 15 is 0 Å². The van der Waals surface area contributed by atoms with Crippen molar-refractivity contribution in [1.29, 1.82) is 0 Å². The maximum Gasteiger partial charge on any atom is 0.253 e. The summed E-state index contributed by atoms with van der Waals surface area (Å²) < 4.78 is 6.88. The molecule has 212 valence electrons. The van der Waals surface area contributed by atoms with E-state index in [1.165, 1.54) is 0 Å². The molecule has 3 aliphatic heterocycles. The number of anilines is 1. The SMILES string of the molecule is C=CCN(C)C(=O)[C@@H]1[C@H]2C(=O)N([C@@H](CC)CO)C(C(=O)N(CC=C)c3cc(C)ccc3C)C23CC[C@@]1(CC)O3. The van der Waals surface area contributed by atoms with Crippen LogP contribution in [0.5, 0.6) is 0 Å². The Morgan fingerprint density at radius 1 is 1.18 bits per heavy atom. The molecule has 1 spiro atoms. The Hall–Kier alpha value is -2.97. The van der Waals surface area contributed by atoms with Crippen LogP contribution in [0.4, 0.5) is 5.69 Å². The van der Waals surface area contributed by atoms with Gasteiger partial charge in [0.15, 0.2) is 0 Å². The number of aryl methyl sites for hydroxylation is 2. The largest absolute Gasteiger partial charge is 0.394 e. The topological polar surface area (TPSA) is 90.4 Å². The van der Waals surface area contributed by atoms with Gasteiger partial charge in [-0.15, -0.1) is 13.2 Å². The van der Waals surface area contributed by atoms with Crippen molar-refractivity contribution >= 4 is 23.4 Å². The zero-order chi connectivity index (χ0) is 28.7. The molecule has 0 aromatic heterocycles. The van der Waals surface area contributed by atoms with Gasteiger partial charge >= 0.3 is 0 Å². The third-order valence-corrected chi connectivity index (χ3v) is 9.21. The van der Waals surface area contributed by atoms with E-state index in [9.17, 15) is 19.5 Å². The highest BCUT2D eigenvalue weighted by molar-refractivity contribution is 6.05. The van der Waals surface area contributed by atoms with Crippen LogP contribution in [0.1, 0.15) is 50.7 Å². The van der Waals surface area contributed by atoms with E-state index in [1.807, 2.05) is 45.9 Å². The van der Waals surface area contributed by atoms with Crippen molar-refractivity contribution in [3.63, 3.8) is 0 Å². The van der Waals surface area contributed by atoms with Crippen LogP contribution in [0.3, 0.4) is 0 Å². The second-order valence-corrected chi connectivity index (χ2v) is 11.4. The minimum absolute atomic E-state index is 0.167. The first-order valence-electron chi connectivity index (χ1n) is 14.1. The highest BCUT2D eigenvalue weighted by Crippen LogP contribution is 2.65. The number of carbonyl (C=O) groups excluding carboxylic acids is 3. The fourth-order valence-electron chi connectivity index (χ4n) is 7.23. The molecule has 3 heterocycles. The number of hydrogen-bond donors (Lipinski definition) is 1. The van der Waals surface area contributed by atoms with Gasteiger partial charge in [0.2, 0.25) is 11.8 Å². The van der Waals surface area contributed by atoms with Crippen molar-refractivity contribution in [3.8, 4) is 0 Å². The predicted octanol–water partition coefficient (Wildman–Crippen LogP) is 3.39. The molecule has 0 aliphatic carbocycles. The van der Waals surface area contributed by atoms with Crippen LogP contribution in [-0.4, -0.2) is 82.7 Å². The maximum atomic E-state index is 14.7. The lowest BCUT2D eigenvalue weighted by Crippen LogP contribution is -2.59. The number of carbonyl (C=O) groups is 3. The fraction of sp³-hybridized carbons (Fsp3) is 0.581. The van der Waals surface area contributed by atoms with E-state index in [1.54, 1.807) is 33.9 Å². The molecule has 3 fully saturated rings. The molecule has 4 rings (SSSR count). The van der Waals surface area contributed by atoms with Crippen LogP contribution in [-0.2, 0) is 19.1 Å². The van der Waals surface area contributed by atoms with Gasteiger partial charge in [-0.25, -0.2) is 0 Å². The Balaban J connectivity index is 1.89. The van der Waals surface area contributed by atoms with Crippen LogP contribution in [0, 0.1) is 25.7 Å². The third kappa shape index (κ3) is 4.32. The molecule has 2 unspecified atom stereocenters. The molecule has 0 radical (unpaired) electrons. The highest BCUT2D eigenvalue weighted by atomic mass is 16.5. The zero-order valence-corrected chi connectivity index (χ0v) is 24.0. The summed E-state index contributed by atoms with van der Waals surface area (Å²) in [5.74, 6) is -2.23. The summed E-state index contributed by atoms with van der Waals surface area (Å²) in [6.45, 7) is 15.8. The van der Waals surface area contributed by atoms with Gasteiger partial charge in [0.1, 0.15) is 11.6 Å². The normalized spacial score (nSPS) is 29.7. The number of nitrogens with zero attached hydrogens (tertiary/aromatic N) is 3. The standard InChI is InChI=1S/C31H43N3O5/c1-8-16-32(7)27(36)24-25-28(37)34(22(10-3)19-35)26(31(25)15-14-30(24,11-4)39-31)29(38)33(17-9-2)23-18-20(5)12-13-21(23)6/h8-9,12-13,18,22,24-26,35H,1-2,10-11,14-17,19H2,3-7H3/t22-,24-,25-,26?,30+,31?/m0/s1. The van der Waals surface area contributed by atoms with Crippen molar-refractivity contribution in [1.82, 2.24) is 9.80 Å². The number of fused-ring (bicyclic) bond motifs is 1. The fourth-order valence-corrected chi connectivity index (χ4v) is 7.23. The first-order valence-corrected chi connectivity index (χ1v) is 14.1. The van der Waals surface area contributed by atoms with Crippen molar-refractivity contribution < 1.29 is 24.2 Å². The number of amides is 3. The van der Waals surface area contributed by atoms with Crippen molar-refractivity contribution in [3.05, 3.63) is 54.6 Å². The number of likely N-dealkylation sites (N-methyl/N-ethyl adjacent to an activating group) is 1. The number of rotatable bonds is 11. The van der Waals surface area contributed by atoms with Crippen LogP contribution >= 0.6 is 0 Å². The lowest BCUT2D eigenvalue weighted by Gasteiger charge is -2.39. The lowest BCUT2D eigenvalue weighted by atomic mass is 9.64. The monoisotopic (exact) mass is 537 g/mol. The first-order chi connectivity index (χ1) is 18.6. The van der Waals surface area contributed by atoms with Crippen molar-refractivity contribution in [2.24, 2.45) is 11.8 Å². The first kappa shape index (κ1) is 29.0. The molecule has 6 atom stereocenters. The maximum absolute atomic E-state index is 14.7. The minimum atomic E-state index is -1.15. The zero-order valence-electron chi connectivity index (χ0n) is 24.0. The smallest absolute Gasteiger partial charge is 0.253 e. The molecule has 3 amide bonds. The summed E-state index contributed by atoms with van der Waals surface area (Å²) in [4.78, 5) is 47.8. The summed E-state index contributed by atoms with van der Waals surface area (Å²) in [6, 6.07) is 4.40. The van der Waals surface area contributed by atoms with Crippen LogP contribution in [0.25, 0.3) is 0 Å². The Bertz CT molecular complexity index is 1160. The van der Waals surface area contributed by atoms with Gasteiger partial charge in [0, 0.05) is 25.8 Å². The van der Waals surface area contributed by atoms with Gasteiger partial charge in [-0.1, -0.05) is 38.1 Å². The summed E-state index contributed by atoms with van der Waals surface area (Å²) in [5, 5.41) is 10.3. The Morgan fingerprint density at radius 2 is 1.87 bits per heavy atom. The molecule has 2 bridgehead atoms. The van der Waals surface area contributed by atoms with Crippen LogP contribution in [0.15, 0.2) is 43.5 Å². The van der Waals surface area contributed by atoms with Crippen molar-refractivity contribution in [2.75, 3.05) is 31.6 Å². The summed E-state index contributed by atoms with van der Waals surface area (Å²) in [7, 11) is 1.71. The molecular weight excluding hydrogens is 494 g/mol. The molecule has 3 saturated heterocycles. The van der Waals surface area contributed by atoms with Gasteiger partial charge in [-0.2, -0.15) is 0 Å². The minimum Gasteiger partial charge on any atom is -0.394 e. The van der Waals surface area contributed by atoms with Crippen LogP contribution < -0.4 is 4.90 Å². The Kier molecular flexibility index (Phi) is 8.11. The number of aliphatic hydroxyl groups is 1. The molecule has 1 aromatic rings. The number of benzene rings is 1. The van der Waals surface area contributed by atoms with Gasteiger partial charge in [0.25, 0.3) is 5.91 Å². The summed E-state index contributed by atoms with van der Waals surface area (Å²) >= 11 is 0. The number of aliphatic hydroxyl groups excluding tert-OH is 1. The van der Waals surface area contributed by atoms with E-state index in [0.29, 0.717) is 32.2 Å². The Labute approximate surface area is 232 Å². The van der Waals surface area contributed by atoms with Gasteiger partial charge < -0.3 is 24.5 Å². The Morgan fingerprint density at radius 3 is 2.46 bits per heavy atom. The van der Waals surface area contributed by atoms with Gasteiger partial charge in [-0.05, 0) is 56.7 Å². The van der Waals surface area contributed by atoms with E-state index in [0.717, 1.165) is 16.8 Å². The molecule has 1 N–H and O–H groups in total. The number of likely N-dealkylation sites (tertiary alicyclic amines) is 1. The quantitative estimate of drug-likeness (QED) is 0.437. The van der Waals surface area contributed by atoms with Crippen molar-refractivity contribution in [2.45, 2.75) is 76.7 Å². The average Bonchev–Trinajstić information content (AvgIpc) is 3.53. The summed E-state index contributed by atoms with van der Waals surface area (Å²) in [5.41, 5.74) is 0.713. The molecule has 0 saturated carbocycles. The van der Waals surface area contributed by atoms with E-state index in [-0.39, 0.29) is 30.9 Å². The van der Waals surface area contributed by atoms with Gasteiger partial charge in [-0.3, -0.25) is 14.4 Å². The molecule has 1 aromatic carbocycles. The summed E-state index contributed by atoms with van der Waals surface area (Å²) in [6.07, 6.45) is 5.44. The molecule has 8 heteroatoms. The number of ether oxygens (including phenoxy) is 1. The highest BCUT2D eigenvalue weighted by Gasteiger charge is 2.79. The van der Waals surface area contributed by atoms with E-state index in [4.69, 9.17) is 4.74 Å². The third-order valence-electron chi connectivity index (χ3n) is 9.21. The van der Waals surface area contributed by atoms with Gasteiger partial charge in [0.05, 0.1) is 30.1 Å². The molecule has 39 heavy (non-hydrogen) atoms. The van der Waals surface area contributed by atoms with E-state index < -0.39 is 35.1 Å². The second kappa shape index (κ2) is 10.9.